The third-order valence-corrected chi connectivity index (χ3v) is 4.46. The molecule has 0 saturated carbocycles. The van der Waals surface area contributed by atoms with Gasteiger partial charge >= 0.3 is 0 Å². The van der Waals surface area contributed by atoms with E-state index >= 15 is 0 Å². The number of nitrogens with zero attached hydrogens (tertiary/aromatic N) is 1. The fraction of sp³-hybridized carbons (Fsp3) is 0.647. The van der Waals surface area contributed by atoms with Crippen LogP contribution in [0, 0.1) is 11.7 Å². The Morgan fingerprint density at radius 3 is 2.50 bits per heavy atom. The van der Waals surface area contributed by atoms with Gasteiger partial charge in [0.2, 0.25) is 0 Å². The lowest BCUT2D eigenvalue weighted by molar-refractivity contribution is 0.0853. The molecule has 2 rings (SSSR count). The van der Waals surface area contributed by atoms with Crippen molar-refractivity contribution in [3.05, 3.63) is 35.6 Å². The van der Waals surface area contributed by atoms with Gasteiger partial charge in [-0.15, -0.1) is 0 Å². The summed E-state index contributed by atoms with van der Waals surface area (Å²) in [5, 5.41) is 3.63. The van der Waals surface area contributed by atoms with Crippen molar-refractivity contribution >= 4 is 0 Å². The molecule has 2 nitrogen and oxygen atoms in total. The van der Waals surface area contributed by atoms with Crippen molar-refractivity contribution in [2.75, 3.05) is 13.1 Å². The van der Waals surface area contributed by atoms with E-state index in [1.807, 2.05) is 12.1 Å². The predicted molar refractivity (Wildman–Crippen MR) is 82.4 cm³/mol. The van der Waals surface area contributed by atoms with E-state index in [4.69, 9.17) is 0 Å². The van der Waals surface area contributed by atoms with E-state index in [9.17, 15) is 4.39 Å². The van der Waals surface area contributed by atoms with Crippen molar-refractivity contribution in [1.29, 1.82) is 0 Å². The van der Waals surface area contributed by atoms with Crippen LogP contribution in [0.5, 0.6) is 0 Å². The normalized spacial score (nSPS) is 25.9. The van der Waals surface area contributed by atoms with Gasteiger partial charge in [-0.1, -0.05) is 26.0 Å². The lowest BCUT2D eigenvalue weighted by atomic mass is 9.96. The summed E-state index contributed by atoms with van der Waals surface area (Å²) in [7, 11) is 0. The molecule has 3 heteroatoms. The molecule has 0 spiro atoms. The lowest BCUT2D eigenvalue weighted by Crippen LogP contribution is -2.59. The Morgan fingerprint density at radius 2 is 1.90 bits per heavy atom. The van der Waals surface area contributed by atoms with Gasteiger partial charge in [0.15, 0.2) is 0 Å². The van der Waals surface area contributed by atoms with Crippen LogP contribution in [0.1, 0.15) is 33.3 Å². The Labute approximate surface area is 122 Å². The number of piperazine rings is 1. The number of benzene rings is 1. The van der Waals surface area contributed by atoms with Gasteiger partial charge in [0.1, 0.15) is 5.82 Å². The zero-order valence-electron chi connectivity index (χ0n) is 13.1. The van der Waals surface area contributed by atoms with Crippen molar-refractivity contribution in [2.24, 2.45) is 5.92 Å². The zero-order chi connectivity index (χ0) is 14.7. The van der Waals surface area contributed by atoms with E-state index in [0.717, 1.165) is 19.5 Å². The van der Waals surface area contributed by atoms with Crippen LogP contribution in [-0.2, 0) is 6.42 Å². The Morgan fingerprint density at radius 1 is 1.25 bits per heavy atom. The molecule has 0 amide bonds. The van der Waals surface area contributed by atoms with Gasteiger partial charge in [-0.2, -0.15) is 0 Å². The molecule has 1 fully saturated rings. The molecular weight excluding hydrogens is 251 g/mol. The van der Waals surface area contributed by atoms with Crippen LogP contribution < -0.4 is 5.32 Å². The summed E-state index contributed by atoms with van der Waals surface area (Å²) in [5.74, 6) is 0.500. The summed E-state index contributed by atoms with van der Waals surface area (Å²) < 4.78 is 13.0. The molecule has 0 aromatic heterocycles. The highest BCUT2D eigenvalue weighted by molar-refractivity contribution is 5.17. The molecule has 3 atom stereocenters. The summed E-state index contributed by atoms with van der Waals surface area (Å²) in [6.07, 6.45) is 0.982. The third-order valence-electron chi connectivity index (χ3n) is 4.46. The number of halogens is 1. The summed E-state index contributed by atoms with van der Waals surface area (Å²) in [6, 6.07) is 8.53. The van der Waals surface area contributed by atoms with Crippen LogP contribution in [0.2, 0.25) is 0 Å². The summed E-state index contributed by atoms with van der Waals surface area (Å²) in [4.78, 5) is 2.59. The molecule has 3 unspecified atom stereocenters. The minimum absolute atomic E-state index is 0.156. The largest absolute Gasteiger partial charge is 0.311 e. The number of rotatable bonds is 4. The van der Waals surface area contributed by atoms with Crippen LogP contribution in [-0.4, -0.2) is 36.1 Å². The minimum Gasteiger partial charge on any atom is -0.311 e. The van der Waals surface area contributed by atoms with Gasteiger partial charge in [0.25, 0.3) is 0 Å². The summed E-state index contributed by atoms with van der Waals surface area (Å²) >= 11 is 0. The van der Waals surface area contributed by atoms with E-state index in [1.54, 1.807) is 12.1 Å². The quantitative estimate of drug-likeness (QED) is 0.910. The maximum Gasteiger partial charge on any atom is 0.123 e. The van der Waals surface area contributed by atoms with Gasteiger partial charge in [-0.25, -0.2) is 4.39 Å². The van der Waals surface area contributed by atoms with Crippen molar-refractivity contribution in [1.82, 2.24) is 10.2 Å². The van der Waals surface area contributed by atoms with Crippen molar-refractivity contribution < 1.29 is 4.39 Å². The van der Waals surface area contributed by atoms with Crippen molar-refractivity contribution in [3.63, 3.8) is 0 Å². The van der Waals surface area contributed by atoms with E-state index in [-0.39, 0.29) is 5.82 Å². The Hall–Kier alpha value is -0.930. The molecular formula is C17H27FN2. The molecule has 1 heterocycles. The molecule has 0 radical (unpaired) electrons. The zero-order valence-corrected chi connectivity index (χ0v) is 13.1. The average Bonchev–Trinajstić information content (AvgIpc) is 2.41. The highest BCUT2D eigenvalue weighted by Gasteiger charge is 2.29. The smallest absolute Gasteiger partial charge is 0.123 e. The van der Waals surface area contributed by atoms with Crippen LogP contribution in [0.25, 0.3) is 0 Å². The first-order valence-corrected chi connectivity index (χ1v) is 7.71. The number of nitrogens with one attached hydrogen (secondary N) is 1. The fourth-order valence-corrected chi connectivity index (χ4v) is 3.05. The van der Waals surface area contributed by atoms with Crippen LogP contribution in [0.4, 0.5) is 4.39 Å². The highest BCUT2D eigenvalue weighted by atomic mass is 19.1. The van der Waals surface area contributed by atoms with E-state index < -0.39 is 0 Å². The third kappa shape index (κ3) is 3.80. The number of hydrogen-bond acceptors (Lipinski definition) is 2. The Balaban J connectivity index is 1.99. The maximum absolute atomic E-state index is 13.0. The van der Waals surface area contributed by atoms with Gasteiger partial charge in [-0.05, 0) is 43.9 Å². The highest BCUT2D eigenvalue weighted by Crippen LogP contribution is 2.18. The van der Waals surface area contributed by atoms with E-state index in [2.05, 4.69) is 37.9 Å². The predicted octanol–water partition coefficient (Wildman–Crippen LogP) is 3.08. The van der Waals surface area contributed by atoms with Gasteiger partial charge in [0.05, 0.1) is 0 Å². The Kier molecular flexibility index (Phi) is 5.17. The first-order chi connectivity index (χ1) is 9.47. The SMILES string of the molecule is CC(C)C1CN(C(C)Cc2ccc(F)cc2)C(C)CN1. The topological polar surface area (TPSA) is 15.3 Å². The van der Waals surface area contributed by atoms with E-state index in [1.165, 1.54) is 5.56 Å². The van der Waals surface area contributed by atoms with E-state index in [0.29, 0.717) is 24.0 Å². The number of hydrogen-bond donors (Lipinski definition) is 1. The standard InChI is InChI=1S/C17H27FN2/c1-12(2)17-11-20(14(4)10-19-17)13(3)9-15-5-7-16(18)8-6-15/h5-8,12-14,17,19H,9-11H2,1-4H3. The monoisotopic (exact) mass is 278 g/mol. The molecule has 1 aromatic carbocycles. The maximum atomic E-state index is 13.0. The van der Waals surface area contributed by atoms with Gasteiger partial charge in [0, 0.05) is 31.2 Å². The van der Waals surface area contributed by atoms with Gasteiger partial charge in [-0.3, -0.25) is 4.90 Å². The second-order valence-corrected chi connectivity index (χ2v) is 6.48. The molecule has 112 valence electrons. The molecule has 1 N–H and O–H groups in total. The fourth-order valence-electron chi connectivity index (χ4n) is 3.05. The Bertz CT molecular complexity index is 416. The average molecular weight is 278 g/mol. The van der Waals surface area contributed by atoms with Gasteiger partial charge < -0.3 is 5.32 Å². The van der Waals surface area contributed by atoms with Crippen LogP contribution >= 0.6 is 0 Å². The molecule has 1 aliphatic heterocycles. The second kappa shape index (κ2) is 6.68. The van der Waals surface area contributed by atoms with Crippen LogP contribution in [0.15, 0.2) is 24.3 Å². The van der Waals surface area contributed by atoms with Crippen LogP contribution in [0.3, 0.4) is 0 Å². The second-order valence-electron chi connectivity index (χ2n) is 6.48. The minimum atomic E-state index is -0.156. The first kappa shape index (κ1) is 15.5. The van der Waals surface area contributed by atoms with Crippen molar-refractivity contribution in [3.8, 4) is 0 Å². The summed E-state index contributed by atoms with van der Waals surface area (Å²) in [6.45, 7) is 11.3. The summed E-state index contributed by atoms with van der Waals surface area (Å²) in [5.41, 5.74) is 1.21. The molecule has 1 aromatic rings. The molecule has 0 aliphatic carbocycles. The molecule has 0 bridgehead atoms. The first-order valence-electron chi connectivity index (χ1n) is 7.71. The molecule has 20 heavy (non-hydrogen) atoms. The van der Waals surface area contributed by atoms with Crippen molar-refractivity contribution in [2.45, 2.75) is 52.2 Å². The molecule has 1 aliphatic rings. The lowest BCUT2D eigenvalue weighted by Gasteiger charge is -2.43. The molecule has 1 saturated heterocycles.